The minimum atomic E-state index is -0.280. The van der Waals surface area contributed by atoms with Gasteiger partial charge in [-0.1, -0.05) is 37.9 Å². The van der Waals surface area contributed by atoms with E-state index in [-0.39, 0.29) is 4.83 Å². The summed E-state index contributed by atoms with van der Waals surface area (Å²) in [6, 6.07) is 7.84. The van der Waals surface area contributed by atoms with E-state index in [9.17, 15) is 4.79 Å². The molecule has 0 radical (unpaired) electrons. The molecule has 0 bridgehead atoms. The van der Waals surface area contributed by atoms with Crippen LogP contribution in [-0.4, -0.2) is 11.3 Å². The number of hydrogen-bond acceptors (Lipinski definition) is 2. The van der Waals surface area contributed by atoms with Crippen molar-refractivity contribution in [2.75, 3.05) is 0 Å². The molecule has 0 saturated carbocycles. The Labute approximate surface area is 104 Å². The summed E-state index contributed by atoms with van der Waals surface area (Å²) in [5, 5.41) is 1.03. The molecule has 1 atom stereocenters. The number of benzene rings is 1. The molecule has 1 unspecified atom stereocenters. The monoisotopic (exact) mass is 327 g/mol. The van der Waals surface area contributed by atoms with Crippen LogP contribution < -0.4 is 0 Å². The summed E-state index contributed by atoms with van der Waals surface area (Å²) in [5.41, 5.74) is 1.79. The normalized spacial score (nSPS) is 12.7. The van der Waals surface area contributed by atoms with Crippen LogP contribution in [0.25, 0.3) is 10.9 Å². The number of rotatable bonds is 2. The lowest BCUT2D eigenvalue weighted by atomic mass is 10.1. The maximum Gasteiger partial charge on any atom is 0.138 e. The molecule has 0 spiro atoms. The molecule has 2 nitrogen and oxygen atoms in total. The number of hydrogen-bond donors (Lipinski definition) is 0. The van der Waals surface area contributed by atoms with Crippen LogP contribution in [0.4, 0.5) is 0 Å². The molecule has 15 heavy (non-hydrogen) atoms. The molecule has 2 aromatic rings. The molecule has 1 aromatic carbocycles. The third-order valence-electron chi connectivity index (χ3n) is 2.11. The molecule has 0 saturated heterocycles. The number of pyridine rings is 1. The Morgan fingerprint density at radius 2 is 2.13 bits per heavy atom. The van der Waals surface area contributed by atoms with Gasteiger partial charge in [0.15, 0.2) is 0 Å². The van der Waals surface area contributed by atoms with Crippen LogP contribution in [-0.2, 0) is 4.79 Å². The van der Waals surface area contributed by atoms with Crippen molar-refractivity contribution in [1.82, 2.24) is 4.98 Å². The number of fused-ring (bicyclic) bond motifs is 1. The van der Waals surface area contributed by atoms with Gasteiger partial charge in [0.05, 0.1) is 10.3 Å². The molecule has 1 aromatic heterocycles. The molecule has 0 aliphatic heterocycles. The van der Waals surface area contributed by atoms with Crippen LogP contribution in [0.5, 0.6) is 0 Å². The Kier molecular flexibility index (Phi) is 3.17. The van der Waals surface area contributed by atoms with Gasteiger partial charge in [0.2, 0.25) is 0 Å². The number of nitrogens with zero attached hydrogens (tertiary/aromatic N) is 1. The van der Waals surface area contributed by atoms with Crippen LogP contribution in [0.15, 0.2) is 34.9 Å². The molecule has 0 N–H and O–H groups in total. The van der Waals surface area contributed by atoms with Crippen molar-refractivity contribution < 1.29 is 4.79 Å². The summed E-state index contributed by atoms with van der Waals surface area (Å²) < 4.78 is 1.00. The highest BCUT2D eigenvalue weighted by molar-refractivity contribution is 9.10. The fourth-order valence-electron chi connectivity index (χ4n) is 1.34. The van der Waals surface area contributed by atoms with Gasteiger partial charge in [-0.25, -0.2) is 0 Å². The predicted octanol–water partition coefficient (Wildman–Crippen LogP) is 3.63. The Hall–Kier alpha value is -0.740. The van der Waals surface area contributed by atoms with Crippen molar-refractivity contribution in [1.29, 1.82) is 0 Å². The van der Waals surface area contributed by atoms with E-state index < -0.39 is 0 Å². The van der Waals surface area contributed by atoms with Crippen molar-refractivity contribution in [3.63, 3.8) is 0 Å². The summed E-state index contributed by atoms with van der Waals surface area (Å²) in [7, 11) is 0. The Balaban J connectivity index is 2.56. The van der Waals surface area contributed by atoms with Crippen molar-refractivity contribution in [3.05, 3.63) is 40.5 Å². The highest BCUT2D eigenvalue weighted by Gasteiger charge is 2.06. The number of aromatic nitrogens is 1. The molecular weight excluding hydrogens is 322 g/mol. The average molecular weight is 329 g/mol. The molecule has 0 amide bonds. The molecule has 2 rings (SSSR count). The number of aldehydes is 1. The van der Waals surface area contributed by atoms with Crippen molar-refractivity contribution in [3.8, 4) is 0 Å². The Bertz CT molecular complexity index is 513. The first-order valence-corrected chi connectivity index (χ1v) is 6.06. The van der Waals surface area contributed by atoms with Gasteiger partial charge in [-0.05, 0) is 23.8 Å². The highest BCUT2D eigenvalue weighted by Crippen LogP contribution is 2.24. The van der Waals surface area contributed by atoms with E-state index in [0.29, 0.717) is 0 Å². The lowest BCUT2D eigenvalue weighted by molar-refractivity contribution is -0.107. The van der Waals surface area contributed by atoms with E-state index >= 15 is 0 Å². The molecule has 0 aliphatic carbocycles. The van der Waals surface area contributed by atoms with E-state index in [2.05, 4.69) is 36.8 Å². The standard InChI is InChI=1S/C11H7Br2NO/c12-9-2-1-7-3-8(10(13)6-15)5-14-11(7)4-9/h1-6,10H. The first-order chi connectivity index (χ1) is 7.20. The van der Waals surface area contributed by atoms with Gasteiger partial charge in [0.1, 0.15) is 6.29 Å². The van der Waals surface area contributed by atoms with Crippen LogP contribution in [0.3, 0.4) is 0 Å². The van der Waals surface area contributed by atoms with Gasteiger partial charge in [-0.2, -0.15) is 0 Å². The zero-order valence-electron chi connectivity index (χ0n) is 7.65. The number of carbonyl (C=O) groups excluding carboxylic acids is 1. The SMILES string of the molecule is O=CC(Br)c1cnc2cc(Br)ccc2c1. The number of halogens is 2. The highest BCUT2D eigenvalue weighted by atomic mass is 79.9. The quantitative estimate of drug-likeness (QED) is 0.622. The van der Waals surface area contributed by atoms with Crippen LogP contribution in [0, 0.1) is 0 Å². The molecular formula is C11H7Br2NO. The van der Waals surface area contributed by atoms with E-state index in [4.69, 9.17) is 0 Å². The summed E-state index contributed by atoms with van der Waals surface area (Å²) in [6.45, 7) is 0. The van der Waals surface area contributed by atoms with Crippen LogP contribution in [0.2, 0.25) is 0 Å². The zero-order chi connectivity index (χ0) is 10.8. The molecule has 4 heteroatoms. The molecule has 0 fully saturated rings. The van der Waals surface area contributed by atoms with Gasteiger partial charge >= 0.3 is 0 Å². The summed E-state index contributed by atoms with van der Waals surface area (Å²) in [6.07, 6.45) is 2.56. The average Bonchev–Trinajstić information content (AvgIpc) is 2.27. The van der Waals surface area contributed by atoms with Crippen LogP contribution >= 0.6 is 31.9 Å². The van der Waals surface area contributed by atoms with E-state index in [1.165, 1.54) is 0 Å². The Morgan fingerprint density at radius 3 is 2.87 bits per heavy atom. The minimum Gasteiger partial charge on any atom is -0.302 e. The fraction of sp³-hybridized carbons (Fsp3) is 0.0909. The summed E-state index contributed by atoms with van der Waals surface area (Å²) in [5.74, 6) is 0. The molecule has 0 aliphatic rings. The first-order valence-electron chi connectivity index (χ1n) is 4.35. The summed E-state index contributed by atoms with van der Waals surface area (Å²) >= 11 is 6.66. The summed E-state index contributed by atoms with van der Waals surface area (Å²) in [4.78, 5) is 14.6. The largest absolute Gasteiger partial charge is 0.302 e. The second-order valence-electron chi connectivity index (χ2n) is 3.14. The molecule has 1 heterocycles. The maximum absolute atomic E-state index is 10.6. The van der Waals surface area contributed by atoms with Crippen LogP contribution in [0.1, 0.15) is 10.4 Å². The predicted molar refractivity (Wildman–Crippen MR) is 67.2 cm³/mol. The number of carbonyl (C=O) groups is 1. The van der Waals surface area contributed by atoms with Gasteiger partial charge in [0.25, 0.3) is 0 Å². The van der Waals surface area contributed by atoms with Gasteiger partial charge < -0.3 is 4.79 Å². The lowest BCUT2D eigenvalue weighted by Crippen LogP contribution is -1.92. The van der Waals surface area contributed by atoms with Gasteiger partial charge in [0, 0.05) is 16.1 Å². The zero-order valence-corrected chi connectivity index (χ0v) is 10.8. The minimum absolute atomic E-state index is 0.280. The van der Waals surface area contributed by atoms with Gasteiger partial charge in [-0.15, -0.1) is 0 Å². The van der Waals surface area contributed by atoms with Crippen molar-refractivity contribution in [2.24, 2.45) is 0 Å². The topological polar surface area (TPSA) is 30.0 Å². The van der Waals surface area contributed by atoms with Crippen molar-refractivity contribution >= 4 is 49.0 Å². The third kappa shape index (κ3) is 2.26. The third-order valence-corrected chi connectivity index (χ3v) is 3.34. The first kappa shape index (κ1) is 10.8. The lowest BCUT2D eigenvalue weighted by Gasteiger charge is -2.04. The van der Waals surface area contributed by atoms with Gasteiger partial charge in [-0.3, -0.25) is 4.98 Å². The Morgan fingerprint density at radius 1 is 1.33 bits per heavy atom. The van der Waals surface area contributed by atoms with E-state index in [1.807, 2.05) is 24.3 Å². The second-order valence-corrected chi connectivity index (χ2v) is 5.05. The second kappa shape index (κ2) is 4.41. The van der Waals surface area contributed by atoms with Crippen molar-refractivity contribution in [2.45, 2.75) is 4.83 Å². The smallest absolute Gasteiger partial charge is 0.138 e. The van der Waals surface area contributed by atoms with E-state index in [1.54, 1.807) is 6.20 Å². The molecule has 76 valence electrons. The van der Waals surface area contributed by atoms with E-state index in [0.717, 1.165) is 27.2 Å². The fourth-order valence-corrected chi connectivity index (χ4v) is 1.94. The number of alkyl halides is 1. The maximum atomic E-state index is 10.6.